The first-order chi connectivity index (χ1) is 32.2. The van der Waals surface area contributed by atoms with Crippen molar-refractivity contribution in [1.82, 2.24) is 42.1 Å². The third-order valence-corrected chi connectivity index (χ3v) is 12.9. The first-order valence-electron chi connectivity index (χ1n) is 21.6. The van der Waals surface area contributed by atoms with Crippen molar-refractivity contribution < 1.29 is 77.6 Å². The highest BCUT2D eigenvalue weighted by Gasteiger charge is 2.42. The predicted octanol–water partition coefficient (Wildman–Crippen LogP) is -6.51. The molecule has 0 saturated carbocycles. The van der Waals surface area contributed by atoms with Crippen molar-refractivity contribution in [3.8, 4) is 0 Å². The van der Waals surface area contributed by atoms with Gasteiger partial charge < -0.3 is 80.4 Å². The summed E-state index contributed by atoms with van der Waals surface area (Å²) in [7, 11) is 1.71. The van der Waals surface area contributed by atoms with Crippen molar-refractivity contribution in [2.75, 3.05) is 18.1 Å². The molecule has 0 aliphatic carbocycles. The molecule has 69 heavy (non-hydrogen) atoms. The SMILES string of the molecule is CC(C)C[C@@H]1NC(=O)[C@H](CCC(N)=O)NC(=O)[C@H](CC(N)=O)NC(=O)[C@@H]2CCCN2C(=O)[C@H](CC(=O)O)NC(=O)[C@H]([C@@H](C)O)NC(=O)[C@@H](N)CSSC[C@@H](C(=O)O)NC(=O)[C@H](CCC(N)=O)NC1=O. The van der Waals surface area contributed by atoms with Crippen LogP contribution in [0.1, 0.15) is 78.6 Å². The van der Waals surface area contributed by atoms with Crippen molar-refractivity contribution in [3.05, 3.63) is 0 Å². The van der Waals surface area contributed by atoms with Gasteiger partial charge in [0.25, 0.3) is 0 Å². The zero-order valence-electron chi connectivity index (χ0n) is 38.1. The van der Waals surface area contributed by atoms with Gasteiger partial charge in [0.05, 0.1) is 25.0 Å². The van der Waals surface area contributed by atoms with Gasteiger partial charge in [-0.05, 0) is 44.9 Å². The maximum absolute atomic E-state index is 13.9. The summed E-state index contributed by atoms with van der Waals surface area (Å²) in [5, 5.41) is 46.2. The number of hydrogen-bond acceptors (Lipinski definition) is 17. The minimum absolute atomic E-state index is 0.0677. The normalized spacial score (nSPS) is 27.3. The molecule has 10 atom stereocenters. The molecule has 28 nitrogen and oxygen atoms in total. The predicted molar refractivity (Wildman–Crippen MR) is 243 cm³/mol. The average molecular weight is 1020 g/mol. The summed E-state index contributed by atoms with van der Waals surface area (Å²) in [6, 6.07) is -14.9. The molecule has 30 heteroatoms. The molecule has 2 aliphatic heterocycles. The number of hydrogen-bond donors (Lipinski definition) is 14. The Hall–Kier alpha value is -6.27. The number of carbonyl (C=O) groups is 13. The number of nitrogens with two attached hydrogens (primary N) is 4. The van der Waals surface area contributed by atoms with E-state index in [1.54, 1.807) is 13.8 Å². The van der Waals surface area contributed by atoms with Crippen LogP contribution in [0, 0.1) is 5.92 Å². The molecule has 0 aromatic carbocycles. The molecule has 386 valence electrons. The molecule has 18 N–H and O–H groups in total. The Morgan fingerprint density at radius 1 is 0.623 bits per heavy atom. The number of carboxylic acids is 2. The van der Waals surface area contributed by atoms with Crippen LogP contribution >= 0.6 is 21.6 Å². The fraction of sp³-hybridized carbons (Fsp3) is 0.667. The lowest BCUT2D eigenvalue weighted by Gasteiger charge is -2.31. The number of carbonyl (C=O) groups excluding carboxylic acids is 11. The molecule has 0 spiro atoms. The Bertz CT molecular complexity index is 1960. The Balaban J connectivity index is 2.69. The standard InChI is InChI=1S/C39H62N12O16S2/c1-16(2)11-21-34(61)44-20(7-9-27(42)54)33(60)49-24(39(66)67)15-69-68-14-18(40)31(58)50-30(17(3)52)37(64)48-23(13-29(56)57)38(65)51-10-4-5-25(51)36(63)47-22(12-28(43)55)35(62)45-19(32(59)46-21)6-8-26(41)53/h16-25,30,52H,4-15,40H2,1-3H3,(H2,41,53)(H2,42,54)(H2,43,55)(H,44,61)(H,45,62)(H,46,59)(H,47,63)(H,48,64)(H,49,60)(H,50,58)(H,56,57)(H,66,67)/t17-,18+,19+,20+,21+,22+,23+,24+,25+,30+/m1/s1. The molecule has 2 rings (SSSR count). The summed E-state index contributed by atoms with van der Waals surface area (Å²) in [4.78, 5) is 170. The van der Waals surface area contributed by atoms with Crippen molar-refractivity contribution >= 4 is 98.5 Å². The van der Waals surface area contributed by atoms with Crippen LogP contribution in [0.3, 0.4) is 0 Å². The lowest BCUT2D eigenvalue weighted by molar-refractivity contribution is -0.146. The molecule has 0 aromatic rings. The molecular formula is C39H62N12O16S2. The fourth-order valence-electron chi connectivity index (χ4n) is 6.87. The first kappa shape index (κ1) is 58.9. The van der Waals surface area contributed by atoms with Crippen molar-refractivity contribution in [2.24, 2.45) is 28.9 Å². The molecule has 2 saturated heterocycles. The summed E-state index contributed by atoms with van der Waals surface area (Å²) in [6.45, 7) is 4.27. The number of nitrogens with zero attached hydrogens (tertiary/aromatic N) is 1. The van der Waals surface area contributed by atoms with Crippen LogP contribution in [0.4, 0.5) is 0 Å². The summed E-state index contributed by atoms with van der Waals surface area (Å²) in [5.74, 6) is -15.8. The molecule has 0 unspecified atom stereocenters. The van der Waals surface area contributed by atoms with E-state index in [-0.39, 0.29) is 43.2 Å². The van der Waals surface area contributed by atoms with Crippen LogP contribution in [0.15, 0.2) is 0 Å². The van der Waals surface area contributed by atoms with E-state index < -0.39 is 176 Å². The zero-order valence-corrected chi connectivity index (χ0v) is 39.7. The second-order valence-electron chi connectivity index (χ2n) is 16.7. The molecule has 0 bridgehead atoms. The van der Waals surface area contributed by atoms with E-state index in [1.807, 2.05) is 0 Å². The molecule has 2 aliphatic rings. The fourth-order valence-corrected chi connectivity index (χ4v) is 9.15. The number of nitrogens with one attached hydrogen (secondary N) is 7. The largest absolute Gasteiger partial charge is 0.481 e. The van der Waals surface area contributed by atoms with Gasteiger partial charge >= 0.3 is 11.9 Å². The highest BCUT2D eigenvalue weighted by atomic mass is 33.1. The second kappa shape index (κ2) is 28.3. The van der Waals surface area contributed by atoms with E-state index in [4.69, 9.17) is 22.9 Å². The average Bonchev–Trinajstić information content (AvgIpc) is 3.74. The number of fused-ring (bicyclic) bond motifs is 1. The number of amides is 11. The summed E-state index contributed by atoms with van der Waals surface area (Å²) >= 11 is 0. The quantitative estimate of drug-likeness (QED) is 0.0720. The minimum Gasteiger partial charge on any atom is -0.481 e. The maximum atomic E-state index is 13.9. The van der Waals surface area contributed by atoms with Crippen LogP contribution in [0.25, 0.3) is 0 Å². The highest BCUT2D eigenvalue weighted by Crippen LogP contribution is 2.23. The molecule has 0 aromatic heterocycles. The molecule has 2 fully saturated rings. The summed E-state index contributed by atoms with van der Waals surface area (Å²) < 4.78 is 0. The Kier molecular flexibility index (Phi) is 24.1. The molecule has 0 radical (unpaired) electrons. The van der Waals surface area contributed by atoms with E-state index in [0.29, 0.717) is 0 Å². The monoisotopic (exact) mass is 1020 g/mol. The van der Waals surface area contributed by atoms with Gasteiger partial charge in [0.2, 0.25) is 65.0 Å². The van der Waals surface area contributed by atoms with E-state index >= 15 is 0 Å². The van der Waals surface area contributed by atoms with Gasteiger partial charge in [-0.1, -0.05) is 35.4 Å². The van der Waals surface area contributed by atoms with Gasteiger partial charge in [0, 0.05) is 30.9 Å². The van der Waals surface area contributed by atoms with Gasteiger partial charge in [-0.3, -0.25) is 57.5 Å². The van der Waals surface area contributed by atoms with Gasteiger partial charge in [0.15, 0.2) is 0 Å². The number of carboxylic acid groups (broad SMARTS) is 2. The lowest BCUT2D eigenvalue weighted by Crippen LogP contribution is -2.61. The van der Waals surface area contributed by atoms with E-state index in [0.717, 1.165) is 33.4 Å². The van der Waals surface area contributed by atoms with E-state index in [1.165, 1.54) is 0 Å². The van der Waals surface area contributed by atoms with Crippen molar-refractivity contribution in [2.45, 2.75) is 139 Å². The van der Waals surface area contributed by atoms with Crippen LogP contribution in [0.5, 0.6) is 0 Å². The van der Waals surface area contributed by atoms with Crippen LogP contribution in [0.2, 0.25) is 0 Å². The Labute approximate surface area is 403 Å². The number of rotatable bonds is 14. The number of primary amides is 3. The number of aliphatic hydroxyl groups is 1. The summed E-state index contributed by atoms with van der Waals surface area (Å²) in [5.41, 5.74) is 22.1. The minimum atomic E-state index is -1.89. The van der Waals surface area contributed by atoms with Gasteiger partial charge in [-0.25, -0.2) is 4.79 Å². The highest BCUT2D eigenvalue weighted by molar-refractivity contribution is 8.76. The third-order valence-electron chi connectivity index (χ3n) is 10.4. The topological polar surface area (TPSA) is 474 Å². The smallest absolute Gasteiger partial charge is 0.327 e. The molecule has 11 amide bonds. The maximum Gasteiger partial charge on any atom is 0.327 e. The Morgan fingerprint density at radius 3 is 1.62 bits per heavy atom. The zero-order chi connectivity index (χ0) is 52.3. The van der Waals surface area contributed by atoms with E-state index in [2.05, 4.69) is 37.2 Å². The van der Waals surface area contributed by atoms with Crippen LogP contribution in [-0.4, -0.2) is 176 Å². The van der Waals surface area contributed by atoms with Crippen LogP contribution < -0.4 is 60.2 Å². The number of aliphatic carboxylic acids is 2. The molecule has 2 heterocycles. The van der Waals surface area contributed by atoms with Gasteiger partial charge in [-0.2, -0.15) is 0 Å². The number of aliphatic hydroxyl groups excluding tert-OH is 1. The lowest BCUT2D eigenvalue weighted by atomic mass is 10.0. The second-order valence-corrected chi connectivity index (χ2v) is 19.3. The first-order valence-corrected chi connectivity index (χ1v) is 24.1. The molecular weight excluding hydrogens is 957 g/mol. The van der Waals surface area contributed by atoms with E-state index in [9.17, 15) is 77.6 Å². The Morgan fingerprint density at radius 2 is 1.12 bits per heavy atom. The van der Waals surface area contributed by atoms with Gasteiger partial charge in [0.1, 0.15) is 48.3 Å². The van der Waals surface area contributed by atoms with Crippen molar-refractivity contribution in [1.29, 1.82) is 0 Å². The van der Waals surface area contributed by atoms with Crippen molar-refractivity contribution in [3.63, 3.8) is 0 Å². The summed E-state index contributed by atoms with van der Waals surface area (Å²) in [6.07, 6.45) is -5.54. The third kappa shape index (κ3) is 20.1. The van der Waals surface area contributed by atoms with Gasteiger partial charge in [-0.15, -0.1) is 0 Å². The van der Waals surface area contributed by atoms with Crippen LogP contribution in [-0.2, 0) is 62.3 Å².